The summed E-state index contributed by atoms with van der Waals surface area (Å²) in [7, 11) is 3.04. The zero-order valence-electron chi connectivity index (χ0n) is 62.8. The van der Waals surface area contributed by atoms with E-state index in [9.17, 15) is 48.6 Å². The van der Waals surface area contributed by atoms with Crippen molar-refractivity contribution in [1.29, 1.82) is 0 Å². The van der Waals surface area contributed by atoms with Crippen molar-refractivity contribution in [3.8, 4) is 5.75 Å². The number of fused-ring (bicyclic) bond motifs is 2. The molecule has 2 saturated heterocycles. The lowest BCUT2D eigenvalue weighted by Crippen LogP contribution is -2.61. The Hall–Kier alpha value is -11.1. The Labute approximate surface area is 628 Å². The van der Waals surface area contributed by atoms with Crippen LogP contribution in [0.3, 0.4) is 0 Å². The number of likely N-dealkylation sites (N-methyl/N-ethyl adjacent to an activating group) is 2. The maximum Gasteiger partial charge on any atom is 0.326 e. The molecule has 0 saturated carbocycles. The summed E-state index contributed by atoms with van der Waals surface area (Å²) < 4.78 is 12.3. The number of aliphatic carboxylic acids is 2. The lowest BCUT2D eigenvalue weighted by molar-refractivity contribution is -0.146. The van der Waals surface area contributed by atoms with Gasteiger partial charge in [0.25, 0.3) is 5.91 Å². The van der Waals surface area contributed by atoms with Gasteiger partial charge in [0.05, 0.1) is 18.8 Å². The van der Waals surface area contributed by atoms with Crippen LogP contribution < -0.4 is 47.3 Å². The summed E-state index contributed by atoms with van der Waals surface area (Å²) in [6, 6.07) is 24.6. The molecule has 0 unspecified atom stereocenters. The zero-order chi connectivity index (χ0) is 78.5. The maximum absolute atomic E-state index is 15.2. The lowest BCUT2D eigenvalue weighted by atomic mass is 9.85. The Morgan fingerprint density at radius 1 is 0.556 bits per heavy atom. The fraction of sp³-hybridized carbons (Fsp3) is 0.432. The number of hydrogen-bond donors (Lipinski definition) is 10. The van der Waals surface area contributed by atoms with Gasteiger partial charge in [0.15, 0.2) is 0 Å². The number of nitrogens with zero attached hydrogens (tertiary/aromatic N) is 3. The Morgan fingerprint density at radius 3 is 1.48 bits per heavy atom. The minimum atomic E-state index is -1.61. The Morgan fingerprint density at radius 2 is 1.01 bits per heavy atom. The van der Waals surface area contributed by atoms with E-state index in [4.69, 9.17) is 9.47 Å². The van der Waals surface area contributed by atoms with Crippen LogP contribution in [0, 0.1) is 10.8 Å². The second kappa shape index (κ2) is 35.6. The fourth-order valence-corrected chi connectivity index (χ4v) is 13.4. The molecular weight excluding hydrogens is 1380 g/mol. The molecule has 2 fully saturated rings. The molecule has 0 radical (unpaired) electrons. The van der Waals surface area contributed by atoms with E-state index in [1.807, 2.05) is 72.8 Å². The molecule has 10 N–H and O–H groups in total. The smallest absolute Gasteiger partial charge is 0.326 e. The molecule has 0 spiro atoms. The summed E-state index contributed by atoms with van der Waals surface area (Å²) in [4.78, 5) is 175. The fourth-order valence-electron chi connectivity index (χ4n) is 13.4. The van der Waals surface area contributed by atoms with Gasteiger partial charge < -0.3 is 76.9 Å². The van der Waals surface area contributed by atoms with Crippen molar-refractivity contribution in [3.63, 3.8) is 0 Å². The highest BCUT2D eigenvalue weighted by atomic mass is 16.5. The minimum absolute atomic E-state index is 0.0267. The molecule has 8 bridgehead atoms. The van der Waals surface area contributed by atoms with Crippen molar-refractivity contribution in [2.45, 2.75) is 173 Å². The average Bonchev–Trinajstić information content (AvgIpc) is 1.59. The van der Waals surface area contributed by atoms with Crippen molar-refractivity contribution >= 4 is 92.6 Å². The van der Waals surface area contributed by atoms with E-state index in [1.165, 1.54) is 59.9 Å². The molecule has 0 aliphatic carbocycles. The standard InChI is InChI=1S/C81H99N11O16/c1-46(82-10)69(94)88-67(80(4,5)6)76(101)91-44-58-42-65(91)74(99)84-61(40-51-24-28-53-18-12-14-20-56(53)36-51)72(97)87-64(79(105)106)39-50-26-32-59(33-27-50)107-34-16-17-35-108-60-43-66(92(45-60)77(102)68(81(7,8)9)89-70(95)47(2)90(11)48(3)93)75(100)85-62(41-52-25-29-54-19-13-15-21-57(54)37-52)73(98)86-63(78(103)104)38-49-22-30-55(31-23-49)71(96)83-58/h12-33,36-37,46-47,58,60-68,82H,34-35,38-45H2,1-11H3,(H,83,96)(H,84,99)(H,85,100)(H,86,98)(H,87,97)(H,88,94)(H,89,95)(H,103,104)(H,105,106)/b17-16+/t46-,47-,58-,60-,61-,62-,63-,64-,65-,66-,67+,68+/m0/s1. The van der Waals surface area contributed by atoms with E-state index in [0.29, 0.717) is 28.0 Å². The van der Waals surface area contributed by atoms with Crippen molar-refractivity contribution < 1.29 is 77.2 Å². The first-order valence-electron chi connectivity index (χ1n) is 36.3. The van der Waals surface area contributed by atoms with Gasteiger partial charge in [0, 0.05) is 70.8 Å². The van der Waals surface area contributed by atoms with Crippen molar-refractivity contribution in [2.75, 3.05) is 40.4 Å². The van der Waals surface area contributed by atoms with Crippen LogP contribution in [0.15, 0.2) is 146 Å². The molecule has 6 aliphatic rings. The predicted octanol–water partition coefficient (Wildman–Crippen LogP) is 4.54. The third-order valence-electron chi connectivity index (χ3n) is 20.1. The average molecular weight is 1480 g/mol. The van der Waals surface area contributed by atoms with Crippen LogP contribution in [0.25, 0.3) is 21.5 Å². The molecule has 6 aromatic rings. The highest BCUT2D eigenvalue weighted by Gasteiger charge is 2.49. The van der Waals surface area contributed by atoms with Crippen LogP contribution >= 0.6 is 0 Å². The van der Waals surface area contributed by atoms with Gasteiger partial charge in [-0.25, -0.2) is 9.59 Å². The quantitative estimate of drug-likeness (QED) is 0.0669. The van der Waals surface area contributed by atoms with E-state index < -0.39 is 154 Å². The first-order chi connectivity index (χ1) is 51.1. The van der Waals surface area contributed by atoms with Crippen LogP contribution in [0.2, 0.25) is 0 Å². The van der Waals surface area contributed by atoms with E-state index >= 15 is 19.2 Å². The lowest BCUT2D eigenvalue weighted by Gasteiger charge is -2.36. The molecule has 12 rings (SSSR count). The van der Waals surface area contributed by atoms with Gasteiger partial charge in [0.1, 0.15) is 66.7 Å². The Balaban J connectivity index is 1.05. The number of ether oxygens (including phenoxy) is 2. The molecule has 574 valence electrons. The van der Waals surface area contributed by atoms with Crippen molar-refractivity contribution in [3.05, 3.63) is 173 Å². The number of nitrogens with one attached hydrogen (secondary N) is 8. The van der Waals surface area contributed by atoms with Crippen LogP contribution in [0.5, 0.6) is 5.75 Å². The van der Waals surface area contributed by atoms with Gasteiger partial charge in [-0.15, -0.1) is 0 Å². The van der Waals surface area contributed by atoms with Gasteiger partial charge in [-0.2, -0.15) is 0 Å². The molecule has 6 heterocycles. The number of likely N-dealkylation sites (tertiary alicyclic amines) is 2. The monoisotopic (exact) mass is 1480 g/mol. The normalized spacial score (nSPS) is 22.4. The Kier molecular flexibility index (Phi) is 26.7. The summed E-state index contributed by atoms with van der Waals surface area (Å²) in [6.45, 7) is 14.5. The number of carbonyl (C=O) groups is 12. The second-order valence-corrected chi connectivity index (χ2v) is 30.3. The summed E-state index contributed by atoms with van der Waals surface area (Å²) in [5.41, 5.74) is 0.247. The molecule has 108 heavy (non-hydrogen) atoms. The van der Waals surface area contributed by atoms with Gasteiger partial charge in [-0.1, -0.05) is 157 Å². The largest absolute Gasteiger partial charge is 0.490 e. The SMILES string of the molecule is CN[C@@H](C)C(=O)N[C@H](C(=O)N1C[C@@H]2C[C@H]1C(=O)N[C@@H](Cc1ccc3ccccc3c1)C(=O)N[C@H](C(=O)O)Cc1ccc(cc1)OC/C=C/CO[C@H]1C[C@@H](C(=O)N[C@@H](Cc3ccc4ccccc4c3)C(=O)N[C@H](C(=O)O)Cc3ccc(cc3)C(=O)N2)N(C(=O)[C@@H](NC(=O)[C@H](C)N(C)C(C)=O)C(C)(C)C)C1)C(C)(C)C. The van der Waals surface area contributed by atoms with Gasteiger partial charge in [-0.3, -0.25) is 47.9 Å². The second-order valence-electron chi connectivity index (χ2n) is 30.3. The van der Waals surface area contributed by atoms with Crippen LogP contribution in [-0.4, -0.2) is 209 Å². The van der Waals surface area contributed by atoms with E-state index in [2.05, 4.69) is 42.5 Å². The number of benzene rings is 6. The minimum Gasteiger partial charge on any atom is -0.490 e. The van der Waals surface area contributed by atoms with Crippen molar-refractivity contribution in [1.82, 2.24) is 57.2 Å². The molecular formula is C81H99N11O16. The first-order valence-corrected chi connectivity index (χ1v) is 36.3. The highest BCUT2D eigenvalue weighted by Crippen LogP contribution is 2.31. The molecule has 10 amide bonds. The molecule has 6 aromatic carbocycles. The molecule has 27 nitrogen and oxygen atoms in total. The number of carboxylic acids is 2. The number of carbonyl (C=O) groups excluding carboxylic acids is 10. The van der Waals surface area contributed by atoms with E-state index in [-0.39, 0.29) is 70.4 Å². The van der Waals surface area contributed by atoms with Crippen LogP contribution in [0.4, 0.5) is 0 Å². The van der Waals surface area contributed by atoms with Crippen molar-refractivity contribution in [2.24, 2.45) is 10.8 Å². The number of carboxylic acid groups (broad SMARTS) is 2. The summed E-state index contributed by atoms with van der Waals surface area (Å²) in [5.74, 6) is -9.22. The van der Waals surface area contributed by atoms with Gasteiger partial charge in [0.2, 0.25) is 53.2 Å². The number of hydrogen-bond acceptors (Lipinski definition) is 15. The summed E-state index contributed by atoms with van der Waals surface area (Å²) >= 11 is 0. The molecule has 0 aromatic heterocycles. The number of amides is 10. The van der Waals surface area contributed by atoms with E-state index in [0.717, 1.165) is 21.5 Å². The molecule has 27 heteroatoms. The number of rotatable bonds is 14. The molecule has 12 atom stereocenters. The topological polar surface area (TPSA) is 370 Å². The Bertz CT molecular complexity index is 4360. The van der Waals surface area contributed by atoms with Gasteiger partial charge in [-0.05, 0) is 112 Å². The maximum atomic E-state index is 15.2. The highest BCUT2D eigenvalue weighted by molar-refractivity contribution is 6.00. The molecule has 6 aliphatic heterocycles. The third kappa shape index (κ3) is 21.0. The van der Waals surface area contributed by atoms with Gasteiger partial charge >= 0.3 is 11.9 Å². The van der Waals surface area contributed by atoms with Crippen LogP contribution in [-0.2, 0) is 83.2 Å². The summed E-state index contributed by atoms with van der Waals surface area (Å²) in [5, 5.41) is 47.4. The predicted molar refractivity (Wildman–Crippen MR) is 404 cm³/mol. The first kappa shape index (κ1) is 81.0. The zero-order valence-corrected chi connectivity index (χ0v) is 62.8. The van der Waals surface area contributed by atoms with Crippen LogP contribution in [0.1, 0.15) is 108 Å². The van der Waals surface area contributed by atoms with E-state index in [1.54, 1.807) is 104 Å². The summed E-state index contributed by atoms with van der Waals surface area (Å²) in [6.07, 6.45) is 1.51. The third-order valence-corrected chi connectivity index (χ3v) is 20.1.